The van der Waals surface area contributed by atoms with E-state index in [0.717, 1.165) is 55.5 Å². The molecule has 0 aliphatic heterocycles. The molecule has 31 heavy (non-hydrogen) atoms. The van der Waals surface area contributed by atoms with E-state index in [9.17, 15) is 0 Å². The van der Waals surface area contributed by atoms with Crippen molar-refractivity contribution in [1.82, 2.24) is 19.9 Å². The molecule has 0 aliphatic carbocycles. The fourth-order valence-corrected chi connectivity index (χ4v) is 3.25. The van der Waals surface area contributed by atoms with Gasteiger partial charge in [0.1, 0.15) is 11.0 Å². The van der Waals surface area contributed by atoms with Gasteiger partial charge in [-0.3, -0.25) is 9.69 Å². The van der Waals surface area contributed by atoms with Crippen LogP contribution in [0.2, 0.25) is 0 Å². The van der Waals surface area contributed by atoms with E-state index in [1.54, 1.807) is 0 Å². The number of carbonyl (C=O) groups is 1. The molecule has 0 radical (unpaired) electrons. The minimum Gasteiger partial charge on any atom is -0.483 e. The van der Waals surface area contributed by atoms with E-state index < -0.39 is 0 Å². The van der Waals surface area contributed by atoms with E-state index in [1.807, 2.05) is 6.20 Å². The molecule has 0 unspecified atom stereocenters. The van der Waals surface area contributed by atoms with Gasteiger partial charge in [-0.2, -0.15) is 9.97 Å². The van der Waals surface area contributed by atoms with Gasteiger partial charge in [-0.25, -0.2) is 0 Å². The van der Waals surface area contributed by atoms with Crippen LogP contribution in [0.5, 0.6) is 6.01 Å². The lowest BCUT2D eigenvalue weighted by Crippen LogP contribution is -2.21. The van der Waals surface area contributed by atoms with Crippen LogP contribution in [0.25, 0.3) is 11.0 Å². The van der Waals surface area contributed by atoms with Gasteiger partial charge in [-0.15, -0.1) is 0 Å². The lowest BCUT2D eigenvalue weighted by Gasteiger charge is -2.18. The van der Waals surface area contributed by atoms with Crippen LogP contribution in [0, 0.1) is 0 Å². The highest BCUT2D eigenvalue weighted by molar-refractivity contribution is 5.87. The topological polar surface area (TPSA) is 117 Å². The maximum Gasteiger partial charge on any atom is 0.319 e. The number of aromatic amines is 1. The Labute approximate surface area is 183 Å². The molecule has 3 rings (SSSR count). The number of hydrogen-bond donors (Lipinski definition) is 3. The minimum absolute atomic E-state index is 0.250. The molecule has 3 aromatic rings. The summed E-state index contributed by atoms with van der Waals surface area (Å²) in [5.74, 6) is 0.428. The van der Waals surface area contributed by atoms with Crippen molar-refractivity contribution < 1.29 is 14.6 Å². The molecule has 0 bridgehead atoms. The summed E-state index contributed by atoms with van der Waals surface area (Å²) in [5, 5.41) is 6.89. The van der Waals surface area contributed by atoms with Gasteiger partial charge < -0.3 is 20.6 Å². The third-order valence-electron chi connectivity index (χ3n) is 5.06. The van der Waals surface area contributed by atoms with Crippen molar-refractivity contribution in [3.8, 4) is 6.01 Å². The molecule has 8 heteroatoms. The molecule has 4 N–H and O–H groups in total. The molecule has 0 atom stereocenters. The molecule has 0 spiro atoms. The van der Waals surface area contributed by atoms with Gasteiger partial charge in [0.25, 0.3) is 6.47 Å². The lowest BCUT2D eigenvalue weighted by molar-refractivity contribution is -0.122. The van der Waals surface area contributed by atoms with E-state index in [-0.39, 0.29) is 6.47 Å². The molecular formula is C23H33N5O3. The lowest BCUT2D eigenvalue weighted by atomic mass is 10.0. The van der Waals surface area contributed by atoms with Crippen LogP contribution < -0.4 is 10.5 Å². The number of nitrogens with one attached hydrogen (secondary N) is 1. The predicted molar refractivity (Wildman–Crippen MR) is 123 cm³/mol. The number of anilines is 1. The summed E-state index contributed by atoms with van der Waals surface area (Å²) in [7, 11) is 0. The largest absolute Gasteiger partial charge is 0.483 e. The van der Waals surface area contributed by atoms with Gasteiger partial charge >= 0.3 is 6.01 Å². The van der Waals surface area contributed by atoms with Crippen LogP contribution in [-0.2, 0) is 17.8 Å². The van der Waals surface area contributed by atoms with E-state index in [2.05, 4.69) is 64.9 Å². The van der Waals surface area contributed by atoms with Gasteiger partial charge in [-0.1, -0.05) is 51.5 Å². The van der Waals surface area contributed by atoms with Crippen molar-refractivity contribution in [1.29, 1.82) is 0 Å². The fraction of sp³-hybridized carbons (Fsp3) is 0.435. The molecule has 168 valence electrons. The van der Waals surface area contributed by atoms with Crippen LogP contribution >= 0.6 is 0 Å². The van der Waals surface area contributed by atoms with Gasteiger partial charge in [0, 0.05) is 24.7 Å². The summed E-state index contributed by atoms with van der Waals surface area (Å²) in [6.45, 7) is 10.00. The Morgan fingerprint density at radius 2 is 1.77 bits per heavy atom. The van der Waals surface area contributed by atoms with Gasteiger partial charge in [0.15, 0.2) is 5.82 Å². The number of hydrogen-bond acceptors (Lipinski definition) is 6. The Kier molecular flexibility index (Phi) is 9.77. The first-order chi connectivity index (χ1) is 15.1. The highest BCUT2D eigenvalue weighted by Gasteiger charge is 2.13. The van der Waals surface area contributed by atoms with Gasteiger partial charge in [0.05, 0.1) is 6.61 Å². The number of ether oxygens (including phenoxy) is 1. The fourth-order valence-electron chi connectivity index (χ4n) is 3.25. The molecule has 0 amide bonds. The Morgan fingerprint density at radius 1 is 1.13 bits per heavy atom. The number of nitrogens with two attached hydrogens (primary N) is 1. The quantitative estimate of drug-likeness (QED) is 0.332. The van der Waals surface area contributed by atoms with E-state index in [1.165, 1.54) is 11.1 Å². The number of unbranched alkanes of at least 4 members (excludes halogenated alkanes) is 1. The van der Waals surface area contributed by atoms with Crippen molar-refractivity contribution in [2.45, 2.75) is 46.6 Å². The minimum atomic E-state index is -0.250. The number of benzene rings is 1. The zero-order valence-electron chi connectivity index (χ0n) is 18.6. The second-order valence-corrected chi connectivity index (χ2v) is 7.19. The first kappa shape index (κ1) is 24.1. The number of aromatic nitrogens is 3. The third-order valence-corrected chi connectivity index (χ3v) is 5.06. The van der Waals surface area contributed by atoms with E-state index in [4.69, 9.17) is 20.4 Å². The number of rotatable bonds is 10. The van der Waals surface area contributed by atoms with Crippen LogP contribution in [0.1, 0.15) is 50.3 Å². The maximum absolute atomic E-state index is 8.36. The second kappa shape index (κ2) is 12.5. The number of fused-ring (bicyclic) bond motifs is 1. The first-order valence-electron chi connectivity index (χ1n) is 10.7. The smallest absolute Gasteiger partial charge is 0.319 e. The summed E-state index contributed by atoms with van der Waals surface area (Å²) >= 11 is 0. The molecule has 0 aliphatic rings. The van der Waals surface area contributed by atoms with Crippen LogP contribution in [0.3, 0.4) is 0 Å². The van der Waals surface area contributed by atoms with Crippen molar-refractivity contribution in [2.24, 2.45) is 0 Å². The molecular weight excluding hydrogens is 394 g/mol. The van der Waals surface area contributed by atoms with E-state index in [0.29, 0.717) is 18.4 Å². The average Bonchev–Trinajstić information content (AvgIpc) is 3.17. The molecule has 0 saturated carbocycles. The van der Waals surface area contributed by atoms with Crippen molar-refractivity contribution >= 4 is 23.3 Å². The number of carboxylic acid groups (broad SMARTS) is 1. The average molecular weight is 428 g/mol. The third kappa shape index (κ3) is 6.96. The predicted octanol–water partition coefficient (Wildman–Crippen LogP) is 3.85. The van der Waals surface area contributed by atoms with Crippen LogP contribution in [0.15, 0.2) is 30.5 Å². The molecule has 8 nitrogen and oxygen atoms in total. The monoisotopic (exact) mass is 427 g/mol. The zero-order valence-corrected chi connectivity index (χ0v) is 18.6. The first-order valence-corrected chi connectivity index (χ1v) is 10.7. The number of H-pyrrole nitrogens is 1. The molecule has 0 fully saturated rings. The van der Waals surface area contributed by atoms with Crippen molar-refractivity contribution in [3.05, 3.63) is 47.2 Å². The Balaban J connectivity index is 0.00000107. The van der Waals surface area contributed by atoms with Gasteiger partial charge in [-0.05, 0) is 30.6 Å². The Hall–Kier alpha value is -3.13. The van der Waals surface area contributed by atoms with Crippen LogP contribution in [0.4, 0.5) is 5.82 Å². The van der Waals surface area contributed by atoms with Gasteiger partial charge in [0.2, 0.25) is 0 Å². The molecule has 2 aromatic heterocycles. The SMILES string of the molecule is CCCCOc1nc(N)c2[nH]cc(Cc3ccc(CN(CC)CC)cc3)c2n1.O=CO. The summed E-state index contributed by atoms with van der Waals surface area (Å²) < 4.78 is 5.66. The van der Waals surface area contributed by atoms with Crippen molar-refractivity contribution in [3.63, 3.8) is 0 Å². The van der Waals surface area contributed by atoms with E-state index >= 15 is 0 Å². The molecule has 0 saturated heterocycles. The maximum atomic E-state index is 8.36. The number of nitrogens with zero attached hydrogens (tertiary/aromatic N) is 3. The van der Waals surface area contributed by atoms with Crippen molar-refractivity contribution in [2.75, 3.05) is 25.4 Å². The normalized spacial score (nSPS) is 10.7. The Bertz CT molecular complexity index is 936. The number of nitrogen functional groups attached to an aromatic ring is 1. The summed E-state index contributed by atoms with van der Waals surface area (Å²) in [6.07, 6.45) is 4.80. The molecule has 2 heterocycles. The van der Waals surface area contributed by atoms with Crippen LogP contribution in [-0.4, -0.2) is 51.1 Å². The Morgan fingerprint density at radius 3 is 2.39 bits per heavy atom. The summed E-state index contributed by atoms with van der Waals surface area (Å²) in [5.41, 5.74) is 11.4. The highest BCUT2D eigenvalue weighted by Crippen LogP contribution is 2.25. The standard InChI is InChI=1S/C22H31N5O.CH2O2/c1-4-7-12-28-22-25-19-18(14-24-20(19)21(23)26-22)13-16-8-10-17(11-9-16)15-27(5-2)6-3;2-1-3/h8-11,14,24H,4-7,12-13,15H2,1-3H3,(H2,23,25,26);1H,(H,2,3). The summed E-state index contributed by atoms with van der Waals surface area (Å²) in [6, 6.07) is 9.17. The zero-order chi connectivity index (χ0) is 22.6. The molecule has 1 aromatic carbocycles. The summed E-state index contributed by atoms with van der Waals surface area (Å²) in [4.78, 5) is 22.8. The highest BCUT2D eigenvalue weighted by atomic mass is 16.5. The second-order valence-electron chi connectivity index (χ2n) is 7.19.